The van der Waals surface area contributed by atoms with E-state index < -0.39 is 0 Å². The fourth-order valence-electron chi connectivity index (χ4n) is 2.17. The number of phenols is 1. The van der Waals surface area contributed by atoms with Crippen LogP contribution in [-0.4, -0.2) is 23.1 Å². The second-order valence-electron chi connectivity index (χ2n) is 4.22. The molecule has 1 aromatic carbocycles. The predicted molar refractivity (Wildman–Crippen MR) is 71.8 cm³/mol. The smallest absolute Gasteiger partial charge is 0.119 e. The molecule has 1 aliphatic carbocycles. The van der Waals surface area contributed by atoms with Gasteiger partial charge in [0.1, 0.15) is 5.75 Å². The van der Waals surface area contributed by atoms with Crippen molar-refractivity contribution in [3.63, 3.8) is 0 Å². The largest absolute Gasteiger partial charge is 0.508 e. The van der Waals surface area contributed by atoms with Crippen LogP contribution in [0.2, 0.25) is 0 Å². The van der Waals surface area contributed by atoms with Crippen LogP contribution in [0.3, 0.4) is 0 Å². The van der Waals surface area contributed by atoms with E-state index in [0.717, 1.165) is 30.6 Å². The first-order valence-electron chi connectivity index (χ1n) is 6.19. The third kappa shape index (κ3) is 2.36. The molecular formula is C15H19NO. The van der Waals surface area contributed by atoms with Gasteiger partial charge in [0.15, 0.2) is 0 Å². The molecule has 0 spiro atoms. The summed E-state index contributed by atoms with van der Waals surface area (Å²) < 4.78 is 0. The summed E-state index contributed by atoms with van der Waals surface area (Å²) in [5.41, 5.74) is 3.37. The second-order valence-corrected chi connectivity index (χ2v) is 4.22. The molecule has 2 rings (SSSR count). The molecule has 0 atom stereocenters. The maximum atomic E-state index is 9.85. The third-order valence-corrected chi connectivity index (χ3v) is 3.22. The van der Waals surface area contributed by atoms with Crippen LogP contribution in [0.25, 0.3) is 5.57 Å². The number of nitrogens with zero attached hydrogens (tertiary/aromatic N) is 1. The number of aromatic hydroxyl groups is 1. The van der Waals surface area contributed by atoms with Gasteiger partial charge in [-0.1, -0.05) is 24.3 Å². The molecule has 0 radical (unpaired) electrons. The molecule has 0 aliphatic heterocycles. The monoisotopic (exact) mass is 229 g/mol. The summed E-state index contributed by atoms with van der Waals surface area (Å²) in [6.07, 6.45) is 7.24. The number of allylic oxidation sites excluding steroid dienone is 3. The van der Waals surface area contributed by atoms with Crippen molar-refractivity contribution in [2.75, 3.05) is 13.1 Å². The average Bonchev–Trinajstić information content (AvgIpc) is 2.37. The first-order chi connectivity index (χ1) is 8.26. The molecule has 90 valence electrons. The summed E-state index contributed by atoms with van der Waals surface area (Å²) in [7, 11) is 0. The van der Waals surface area contributed by atoms with Gasteiger partial charge in [0.05, 0.1) is 0 Å². The first kappa shape index (κ1) is 11.8. The van der Waals surface area contributed by atoms with Gasteiger partial charge in [-0.05, 0) is 37.5 Å². The number of benzene rings is 1. The van der Waals surface area contributed by atoms with E-state index in [2.05, 4.69) is 43.2 Å². The predicted octanol–water partition coefficient (Wildman–Crippen LogP) is 3.19. The van der Waals surface area contributed by atoms with Gasteiger partial charge in [0, 0.05) is 24.9 Å². The number of fused-ring (bicyclic) bond motifs is 1. The third-order valence-electron chi connectivity index (χ3n) is 3.22. The van der Waals surface area contributed by atoms with Crippen molar-refractivity contribution < 1.29 is 5.11 Å². The van der Waals surface area contributed by atoms with E-state index in [-0.39, 0.29) is 0 Å². The molecule has 0 saturated carbocycles. The van der Waals surface area contributed by atoms with E-state index in [1.54, 1.807) is 6.07 Å². The maximum Gasteiger partial charge on any atom is 0.119 e. The summed E-state index contributed by atoms with van der Waals surface area (Å²) in [4.78, 5) is 2.26. The lowest BCUT2D eigenvalue weighted by atomic mass is 9.92. The van der Waals surface area contributed by atoms with Crippen molar-refractivity contribution in [3.8, 4) is 5.75 Å². The summed E-state index contributed by atoms with van der Waals surface area (Å²) in [6.45, 7) is 6.30. The van der Waals surface area contributed by atoms with Gasteiger partial charge in [0.25, 0.3) is 0 Å². The molecule has 2 nitrogen and oxygen atoms in total. The molecule has 0 saturated heterocycles. The number of phenolic OH excluding ortho intramolecular Hbond substituents is 1. The standard InChI is InChI=1S/C15H19NO/c1-3-16(4-2)11-12-7-5-9-14-13(12)8-6-10-15(14)17/h5-8,10-11,17H,3-4,9H2,1-2H3. The fraction of sp³-hybridized carbons (Fsp3) is 0.333. The minimum atomic E-state index is 0.400. The highest BCUT2D eigenvalue weighted by atomic mass is 16.3. The summed E-state index contributed by atoms with van der Waals surface area (Å²) in [6, 6.07) is 5.74. The molecule has 1 N–H and O–H groups in total. The first-order valence-corrected chi connectivity index (χ1v) is 6.19. The van der Waals surface area contributed by atoms with E-state index in [1.165, 1.54) is 5.57 Å². The van der Waals surface area contributed by atoms with Gasteiger partial charge in [-0.3, -0.25) is 0 Å². The molecule has 0 aromatic heterocycles. The molecular weight excluding hydrogens is 210 g/mol. The van der Waals surface area contributed by atoms with Crippen LogP contribution < -0.4 is 0 Å². The van der Waals surface area contributed by atoms with Crippen molar-refractivity contribution in [2.24, 2.45) is 0 Å². The Morgan fingerprint density at radius 2 is 2.06 bits per heavy atom. The average molecular weight is 229 g/mol. The van der Waals surface area contributed by atoms with Crippen LogP contribution in [0.1, 0.15) is 25.0 Å². The fourth-order valence-corrected chi connectivity index (χ4v) is 2.17. The molecule has 1 aliphatic rings. The summed E-state index contributed by atoms with van der Waals surface area (Å²) in [5.74, 6) is 0.400. The van der Waals surface area contributed by atoms with Gasteiger partial charge in [-0.25, -0.2) is 0 Å². The zero-order chi connectivity index (χ0) is 12.3. The molecule has 1 aromatic rings. The van der Waals surface area contributed by atoms with Crippen LogP contribution in [0.5, 0.6) is 5.75 Å². The maximum absolute atomic E-state index is 9.85. The van der Waals surface area contributed by atoms with E-state index in [0.29, 0.717) is 5.75 Å². The van der Waals surface area contributed by atoms with Crippen LogP contribution in [0.4, 0.5) is 0 Å². The van der Waals surface area contributed by atoms with Crippen molar-refractivity contribution >= 4 is 5.57 Å². The number of hydrogen-bond donors (Lipinski definition) is 1. The Morgan fingerprint density at radius 1 is 1.29 bits per heavy atom. The molecule has 2 heteroatoms. The highest BCUT2D eigenvalue weighted by molar-refractivity contribution is 5.79. The van der Waals surface area contributed by atoms with Crippen molar-refractivity contribution in [2.45, 2.75) is 20.3 Å². The van der Waals surface area contributed by atoms with E-state index >= 15 is 0 Å². The van der Waals surface area contributed by atoms with Crippen molar-refractivity contribution in [1.82, 2.24) is 4.90 Å². The van der Waals surface area contributed by atoms with Crippen LogP contribution >= 0.6 is 0 Å². The zero-order valence-corrected chi connectivity index (χ0v) is 10.5. The van der Waals surface area contributed by atoms with Crippen LogP contribution in [-0.2, 0) is 6.42 Å². The van der Waals surface area contributed by atoms with Gasteiger partial charge < -0.3 is 10.0 Å². The van der Waals surface area contributed by atoms with Gasteiger partial charge in [-0.2, -0.15) is 0 Å². The lowest BCUT2D eigenvalue weighted by molar-refractivity contribution is 0.420. The minimum absolute atomic E-state index is 0.400. The highest BCUT2D eigenvalue weighted by Crippen LogP contribution is 2.31. The molecule has 17 heavy (non-hydrogen) atoms. The van der Waals surface area contributed by atoms with Crippen molar-refractivity contribution in [3.05, 3.63) is 47.7 Å². The highest BCUT2D eigenvalue weighted by Gasteiger charge is 2.13. The van der Waals surface area contributed by atoms with Gasteiger partial charge in [-0.15, -0.1) is 0 Å². The minimum Gasteiger partial charge on any atom is -0.508 e. The summed E-state index contributed by atoms with van der Waals surface area (Å²) in [5, 5.41) is 9.85. The SMILES string of the molecule is CCN(C=C1C=CCc2c(O)cccc21)CC. The number of hydrogen-bond acceptors (Lipinski definition) is 2. The normalized spacial score (nSPS) is 16.0. The second kappa shape index (κ2) is 5.09. The quantitative estimate of drug-likeness (QED) is 0.860. The van der Waals surface area contributed by atoms with Gasteiger partial charge >= 0.3 is 0 Å². The molecule has 0 unspecified atom stereocenters. The Bertz CT molecular complexity index is 456. The molecule has 0 bridgehead atoms. The van der Waals surface area contributed by atoms with E-state index in [4.69, 9.17) is 0 Å². The Kier molecular flexibility index (Phi) is 3.52. The molecule has 0 amide bonds. The molecule has 0 fully saturated rings. The Labute approximate surface area is 103 Å². The topological polar surface area (TPSA) is 23.5 Å². The Morgan fingerprint density at radius 3 is 2.76 bits per heavy atom. The summed E-state index contributed by atoms with van der Waals surface area (Å²) >= 11 is 0. The van der Waals surface area contributed by atoms with Crippen LogP contribution in [0, 0.1) is 0 Å². The Hall–Kier alpha value is -1.70. The van der Waals surface area contributed by atoms with E-state index in [1.807, 2.05) is 6.07 Å². The van der Waals surface area contributed by atoms with Crippen molar-refractivity contribution in [1.29, 1.82) is 0 Å². The number of rotatable bonds is 3. The Balaban J connectivity index is 2.41. The van der Waals surface area contributed by atoms with E-state index in [9.17, 15) is 5.11 Å². The lowest BCUT2D eigenvalue weighted by Gasteiger charge is -2.20. The van der Waals surface area contributed by atoms with Crippen LogP contribution in [0.15, 0.2) is 36.6 Å². The lowest BCUT2D eigenvalue weighted by Crippen LogP contribution is -2.16. The zero-order valence-electron chi connectivity index (χ0n) is 10.5. The van der Waals surface area contributed by atoms with Gasteiger partial charge in [0.2, 0.25) is 0 Å². The molecule has 0 heterocycles.